The molecule has 0 rings (SSSR count). The van der Waals surface area contributed by atoms with Gasteiger partial charge in [-0.15, -0.1) is 0 Å². The molecule has 0 saturated carbocycles. The van der Waals surface area contributed by atoms with Crippen LogP contribution in [0.1, 0.15) is 6.42 Å². The Morgan fingerprint density at radius 3 is 2.60 bits per heavy atom. The molecule has 62 valence electrons. The number of hydrogen-bond donors (Lipinski definition) is 2. The third-order valence-electron chi connectivity index (χ3n) is 1.26. The highest BCUT2D eigenvalue weighted by Gasteiger charge is 1.84. The highest BCUT2D eigenvalue weighted by atomic mass is 16.5. The van der Waals surface area contributed by atoms with E-state index in [-0.39, 0.29) is 0 Å². The Morgan fingerprint density at radius 2 is 2.00 bits per heavy atom. The molecule has 0 fully saturated rings. The van der Waals surface area contributed by atoms with E-state index in [4.69, 9.17) is 4.74 Å². The molecule has 0 aromatic rings. The van der Waals surface area contributed by atoms with E-state index in [0.29, 0.717) is 0 Å². The average molecular weight is 146 g/mol. The van der Waals surface area contributed by atoms with Crippen molar-refractivity contribution in [2.24, 2.45) is 0 Å². The van der Waals surface area contributed by atoms with Crippen molar-refractivity contribution in [3.05, 3.63) is 0 Å². The summed E-state index contributed by atoms with van der Waals surface area (Å²) in [5, 5.41) is 6.34. The second kappa shape index (κ2) is 8.88. The summed E-state index contributed by atoms with van der Waals surface area (Å²) in [6.45, 7) is 3.92. The summed E-state index contributed by atoms with van der Waals surface area (Å²) in [7, 11) is 3.68. The lowest BCUT2D eigenvalue weighted by atomic mass is 10.4. The van der Waals surface area contributed by atoms with Crippen LogP contribution < -0.4 is 10.6 Å². The van der Waals surface area contributed by atoms with Gasteiger partial charge in [0.25, 0.3) is 0 Å². The summed E-state index contributed by atoms with van der Waals surface area (Å²) in [4.78, 5) is 0. The second-order valence-electron chi connectivity index (χ2n) is 2.20. The predicted molar refractivity (Wildman–Crippen MR) is 43.3 cm³/mol. The van der Waals surface area contributed by atoms with Gasteiger partial charge < -0.3 is 15.4 Å². The fourth-order valence-electron chi connectivity index (χ4n) is 0.689. The largest absolute Gasteiger partial charge is 0.383 e. The predicted octanol–water partition coefficient (Wildman–Crippen LogP) is -0.168. The molecule has 0 saturated heterocycles. The molecule has 10 heavy (non-hydrogen) atoms. The van der Waals surface area contributed by atoms with Crippen LogP contribution in [-0.4, -0.2) is 40.4 Å². The van der Waals surface area contributed by atoms with Gasteiger partial charge in [-0.2, -0.15) is 0 Å². The molecule has 0 atom stereocenters. The Bertz CT molecular complexity index is 51.6. The number of methoxy groups -OCH3 is 1. The highest BCUT2D eigenvalue weighted by molar-refractivity contribution is 4.47. The first-order chi connectivity index (χ1) is 4.91. The smallest absolute Gasteiger partial charge is 0.0587 e. The van der Waals surface area contributed by atoms with Gasteiger partial charge in [-0.3, -0.25) is 0 Å². The summed E-state index contributed by atoms with van der Waals surface area (Å²) in [6.07, 6.45) is 1.18. The molecular weight excluding hydrogens is 128 g/mol. The number of rotatable bonds is 7. The normalized spacial score (nSPS) is 10.2. The monoisotopic (exact) mass is 146 g/mol. The van der Waals surface area contributed by atoms with E-state index in [1.807, 2.05) is 7.05 Å². The third kappa shape index (κ3) is 7.88. The van der Waals surface area contributed by atoms with Crippen molar-refractivity contribution >= 4 is 0 Å². The first kappa shape index (κ1) is 9.88. The maximum absolute atomic E-state index is 4.87. The van der Waals surface area contributed by atoms with E-state index in [9.17, 15) is 0 Å². The van der Waals surface area contributed by atoms with Gasteiger partial charge in [-0.25, -0.2) is 0 Å². The standard InChI is InChI=1S/C7H18N2O/c1-8-4-3-5-9-6-7-10-2/h8-9H,3-7H2,1-2H3. The quantitative estimate of drug-likeness (QED) is 0.489. The van der Waals surface area contributed by atoms with Crippen LogP contribution >= 0.6 is 0 Å². The van der Waals surface area contributed by atoms with Gasteiger partial charge in [0.2, 0.25) is 0 Å². The molecule has 0 aromatic carbocycles. The Morgan fingerprint density at radius 1 is 1.20 bits per heavy atom. The molecular formula is C7H18N2O. The molecule has 0 aliphatic heterocycles. The summed E-state index contributed by atoms with van der Waals surface area (Å²) in [6, 6.07) is 0. The Kier molecular flexibility index (Phi) is 8.77. The first-order valence-corrected chi connectivity index (χ1v) is 3.76. The lowest BCUT2D eigenvalue weighted by Gasteiger charge is -2.02. The Balaban J connectivity index is 2.65. The van der Waals surface area contributed by atoms with Gasteiger partial charge in [-0.1, -0.05) is 0 Å². The van der Waals surface area contributed by atoms with Crippen molar-refractivity contribution < 1.29 is 4.74 Å². The maximum Gasteiger partial charge on any atom is 0.0587 e. The SMILES string of the molecule is CNCCCNCCOC. The molecule has 0 aliphatic carbocycles. The van der Waals surface area contributed by atoms with Gasteiger partial charge in [0, 0.05) is 13.7 Å². The van der Waals surface area contributed by atoms with Gasteiger partial charge >= 0.3 is 0 Å². The highest BCUT2D eigenvalue weighted by Crippen LogP contribution is 1.71. The molecule has 3 nitrogen and oxygen atoms in total. The first-order valence-electron chi connectivity index (χ1n) is 3.76. The van der Waals surface area contributed by atoms with Crippen molar-refractivity contribution in [1.82, 2.24) is 10.6 Å². The fourth-order valence-corrected chi connectivity index (χ4v) is 0.689. The van der Waals surface area contributed by atoms with Crippen molar-refractivity contribution in [2.75, 3.05) is 40.4 Å². The van der Waals surface area contributed by atoms with Crippen LogP contribution in [0.5, 0.6) is 0 Å². The van der Waals surface area contributed by atoms with Crippen LogP contribution in [-0.2, 0) is 4.74 Å². The number of nitrogens with one attached hydrogen (secondary N) is 2. The maximum atomic E-state index is 4.87. The average Bonchev–Trinajstić information content (AvgIpc) is 1.97. The van der Waals surface area contributed by atoms with Gasteiger partial charge in [0.05, 0.1) is 6.61 Å². The van der Waals surface area contributed by atoms with E-state index in [1.54, 1.807) is 7.11 Å². The summed E-state index contributed by atoms with van der Waals surface area (Å²) in [5.74, 6) is 0. The molecule has 0 amide bonds. The third-order valence-corrected chi connectivity index (χ3v) is 1.26. The summed E-state index contributed by atoms with van der Waals surface area (Å²) >= 11 is 0. The van der Waals surface area contributed by atoms with Crippen LogP contribution in [0.2, 0.25) is 0 Å². The number of hydrogen-bond acceptors (Lipinski definition) is 3. The lowest BCUT2D eigenvalue weighted by molar-refractivity contribution is 0.199. The van der Waals surface area contributed by atoms with Crippen molar-refractivity contribution in [3.63, 3.8) is 0 Å². The molecule has 0 spiro atoms. The van der Waals surface area contributed by atoms with Crippen LogP contribution in [0.3, 0.4) is 0 Å². The second-order valence-corrected chi connectivity index (χ2v) is 2.20. The Labute approximate surface area is 63.1 Å². The van der Waals surface area contributed by atoms with Crippen LogP contribution in [0.15, 0.2) is 0 Å². The van der Waals surface area contributed by atoms with Crippen molar-refractivity contribution in [2.45, 2.75) is 6.42 Å². The molecule has 2 N–H and O–H groups in total. The minimum absolute atomic E-state index is 0.805. The summed E-state index contributed by atoms with van der Waals surface area (Å²) < 4.78 is 4.87. The van der Waals surface area contributed by atoms with Crippen molar-refractivity contribution in [3.8, 4) is 0 Å². The van der Waals surface area contributed by atoms with Gasteiger partial charge in [0.1, 0.15) is 0 Å². The number of ether oxygens (including phenoxy) is 1. The molecule has 0 unspecified atom stereocenters. The van der Waals surface area contributed by atoms with Crippen LogP contribution in [0, 0.1) is 0 Å². The van der Waals surface area contributed by atoms with E-state index >= 15 is 0 Å². The Hall–Kier alpha value is -0.120. The molecule has 0 bridgehead atoms. The molecule has 0 radical (unpaired) electrons. The molecule has 3 heteroatoms. The molecule has 0 aromatic heterocycles. The van der Waals surface area contributed by atoms with Crippen LogP contribution in [0.25, 0.3) is 0 Å². The summed E-state index contributed by atoms with van der Waals surface area (Å²) in [5.41, 5.74) is 0. The molecule has 0 heterocycles. The van der Waals surface area contributed by atoms with Crippen LogP contribution in [0.4, 0.5) is 0 Å². The van der Waals surface area contributed by atoms with E-state index in [2.05, 4.69) is 10.6 Å². The fraction of sp³-hybridized carbons (Fsp3) is 1.00. The minimum Gasteiger partial charge on any atom is -0.383 e. The van der Waals surface area contributed by atoms with Gasteiger partial charge in [-0.05, 0) is 26.6 Å². The molecule has 0 aliphatic rings. The lowest BCUT2D eigenvalue weighted by Crippen LogP contribution is -2.23. The van der Waals surface area contributed by atoms with E-state index in [1.165, 1.54) is 6.42 Å². The topological polar surface area (TPSA) is 33.3 Å². The zero-order valence-corrected chi connectivity index (χ0v) is 6.94. The van der Waals surface area contributed by atoms with E-state index in [0.717, 1.165) is 26.2 Å². The minimum atomic E-state index is 0.805. The zero-order chi connectivity index (χ0) is 7.66. The van der Waals surface area contributed by atoms with Gasteiger partial charge in [0.15, 0.2) is 0 Å². The van der Waals surface area contributed by atoms with E-state index < -0.39 is 0 Å². The van der Waals surface area contributed by atoms with Crippen molar-refractivity contribution in [1.29, 1.82) is 0 Å². The zero-order valence-electron chi connectivity index (χ0n) is 6.94.